The fourth-order valence-corrected chi connectivity index (χ4v) is 2.85. The van der Waals surface area contributed by atoms with Gasteiger partial charge < -0.3 is 10.1 Å². The van der Waals surface area contributed by atoms with Crippen LogP contribution < -0.4 is 5.32 Å². The molecule has 0 bridgehead atoms. The molecule has 1 aromatic rings. The number of hydrogen-bond donors (Lipinski definition) is 1. The first-order chi connectivity index (χ1) is 7.90. The van der Waals surface area contributed by atoms with E-state index in [9.17, 15) is 0 Å². The van der Waals surface area contributed by atoms with Crippen molar-refractivity contribution in [1.82, 2.24) is 5.32 Å². The Morgan fingerprint density at radius 1 is 1.44 bits per heavy atom. The van der Waals surface area contributed by atoms with E-state index in [1.807, 2.05) is 11.3 Å². The molecule has 1 aliphatic heterocycles. The van der Waals surface area contributed by atoms with Crippen LogP contribution in [0.2, 0.25) is 0 Å². The van der Waals surface area contributed by atoms with E-state index in [0.29, 0.717) is 0 Å². The lowest BCUT2D eigenvalue weighted by Gasteiger charge is -2.14. The van der Waals surface area contributed by atoms with Crippen LogP contribution in [0, 0.1) is 0 Å². The molecule has 2 heterocycles. The summed E-state index contributed by atoms with van der Waals surface area (Å²) in [6, 6.07) is 2.23. The van der Waals surface area contributed by atoms with Crippen LogP contribution in [-0.4, -0.2) is 19.8 Å². The summed E-state index contributed by atoms with van der Waals surface area (Å²) in [5.74, 6) is 0. The minimum absolute atomic E-state index is 0.804. The highest BCUT2D eigenvalue weighted by atomic mass is 32.1. The van der Waals surface area contributed by atoms with Crippen molar-refractivity contribution in [3.05, 3.63) is 33.5 Å². The van der Waals surface area contributed by atoms with Gasteiger partial charge in [0.15, 0.2) is 0 Å². The molecule has 0 saturated heterocycles. The van der Waals surface area contributed by atoms with E-state index in [2.05, 4.69) is 29.8 Å². The Bertz CT molecular complexity index is 357. The van der Waals surface area contributed by atoms with Crippen LogP contribution in [0.3, 0.4) is 0 Å². The van der Waals surface area contributed by atoms with Gasteiger partial charge in [0.05, 0.1) is 13.2 Å². The third-order valence-electron chi connectivity index (χ3n) is 2.84. The number of hydrogen-bond acceptors (Lipinski definition) is 3. The Morgan fingerprint density at radius 2 is 2.38 bits per heavy atom. The molecule has 0 aliphatic carbocycles. The highest BCUT2D eigenvalue weighted by Gasteiger charge is 2.05. The molecule has 1 aliphatic rings. The quantitative estimate of drug-likeness (QED) is 0.795. The van der Waals surface area contributed by atoms with Gasteiger partial charge in [0.25, 0.3) is 0 Å². The van der Waals surface area contributed by atoms with Crippen molar-refractivity contribution in [2.24, 2.45) is 0 Å². The Hall–Kier alpha value is -0.640. The predicted molar refractivity (Wildman–Crippen MR) is 68.9 cm³/mol. The highest BCUT2D eigenvalue weighted by Crippen LogP contribution is 2.17. The molecule has 1 aromatic heterocycles. The van der Waals surface area contributed by atoms with Crippen LogP contribution in [-0.2, 0) is 17.7 Å². The third kappa shape index (κ3) is 3.17. The second-order valence-corrected chi connectivity index (χ2v) is 5.03. The van der Waals surface area contributed by atoms with Crippen molar-refractivity contribution in [1.29, 1.82) is 0 Å². The number of thiophene rings is 1. The van der Waals surface area contributed by atoms with Gasteiger partial charge in [0.2, 0.25) is 0 Å². The molecular formula is C13H19NOS. The van der Waals surface area contributed by atoms with E-state index in [-0.39, 0.29) is 0 Å². The smallest absolute Gasteiger partial charge is 0.0689 e. The monoisotopic (exact) mass is 237 g/mol. The average molecular weight is 237 g/mol. The molecule has 0 atom stereocenters. The fourth-order valence-electron chi connectivity index (χ4n) is 1.91. The lowest BCUT2D eigenvalue weighted by atomic mass is 10.2. The van der Waals surface area contributed by atoms with Crippen molar-refractivity contribution < 1.29 is 4.74 Å². The summed E-state index contributed by atoms with van der Waals surface area (Å²) in [4.78, 5) is 1.47. The third-order valence-corrected chi connectivity index (χ3v) is 3.80. The summed E-state index contributed by atoms with van der Waals surface area (Å²) in [6.45, 7) is 5.84. The van der Waals surface area contributed by atoms with Gasteiger partial charge in [0, 0.05) is 18.0 Å². The maximum Gasteiger partial charge on any atom is 0.0689 e. The summed E-state index contributed by atoms with van der Waals surface area (Å²) in [7, 11) is 0. The van der Waals surface area contributed by atoms with Gasteiger partial charge in [-0.15, -0.1) is 11.3 Å². The zero-order valence-corrected chi connectivity index (χ0v) is 10.6. The molecule has 0 aromatic carbocycles. The summed E-state index contributed by atoms with van der Waals surface area (Å²) in [6.07, 6.45) is 4.49. The standard InChI is InChI=1S/C13H19NOS/c1-2-12-5-7-16-13(12)9-14-8-11-4-3-6-15-10-11/h4-5,7,14H,2-3,6,8-10H2,1H3. The topological polar surface area (TPSA) is 21.3 Å². The largest absolute Gasteiger partial charge is 0.377 e. The minimum Gasteiger partial charge on any atom is -0.377 e. The average Bonchev–Trinajstić information content (AvgIpc) is 2.78. The number of rotatable bonds is 5. The molecule has 16 heavy (non-hydrogen) atoms. The van der Waals surface area contributed by atoms with Crippen LogP contribution in [0.1, 0.15) is 23.8 Å². The van der Waals surface area contributed by atoms with E-state index in [1.54, 1.807) is 0 Å². The van der Waals surface area contributed by atoms with E-state index in [0.717, 1.165) is 39.1 Å². The van der Waals surface area contributed by atoms with Gasteiger partial charge >= 0.3 is 0 Å². The molecule has 0 unspecified atom stereocenters. The summed E-state index contributed by atoms with van der Waals surface area (Å²) >= 11 is 1.85. The molecule has 2 rings (SSSR count). The maximum atomic E-state index is 5.41. The maximum absolute atomic E-state index is 5.41. The lowest BCUT2D eigenvalue weighted by Crippen LogP contribution is -2.20. The zero-order chi connectivity index (χ0) is 11.2. The predicted octanol–water partition coefficient (Wildman–Crippen LogP) is 2.75. The summed E-state index contributed by atoms with van der Waals surface area (Å²) in [5, 5.41) is 5.67. The molecule has 0 spiro atoms. The first-order valence-electron chi connectivity index (χ1n) is 5.91. The van der Waals surface area contributed by atoms with Crippen LogP contribution in [0.4, 0.5) is 0 Å². The molecule has 0 radical (unpaired) electrons. The SMILES string of the molecule is CCc1ccsc1CNCC1=CCCOC1. The summed E-state index contributed by atoms with van der Waals surface area (Å²) < 4.78 is 5.41. The number of nitrogens with one attached hydrogen (secondary N) is 1. The first kappa shape index (κ1) is 11.8. The van der Waals surface area contributed by atoms with Gasteiger partial charge in [0.1, 0.15) is 0 Å². The van der Waals surface area contributed by atoms with Gasteiger partial charge in [-0.1, -0.05) is 13.0 Å². The second kappa shape index (κ2) is 6.18. The van der Waals surface area contributed by atoms with Crippen molar-refractivity contribution in [2.75, 3.05) is 19.8 Å². The molecular weight excluding hydrogens is 218 g/mol. The molecule has 3 heteroatoms. The van der Waals surface area contributed by atoms with Crippen molar-refractivity contribution >= 4 is 11.3 Å². The Labute approximate surface area is 101 Å². The normalized spacial score (nSPS) is 16.2. The second-order valence-electron chi connectivity index (χ2n) is 4.03. The van der Waals surface area contributed by atoms with Gasteiger partial charge in [-0.05, 0) is 35.4 Å². The molecule has 0 fully saturated rings. The Morgan fingerprint density at radius 3 is 3.12 bits per heavy atom. The van der Waals surface area contributed by atoms with Crippen molar-refractivity contribution in [3.8, 4) is 0 Å². The van der Waals surface area contributed by atoms with E-state index >= 15 is 0 Å². The van der Waals surface area contributed by atoms with Crippen molar-refractivity contribution in [2.45, 2.75) is 26.3 Å². The van der Waals surface area contributed by atoms with Crippen LogP contribution in [0.25, 0.3) is 0 Å². The lowest BCUT2D eigenvalue weighted by molar-refractivity contribution is 0.149. The first-order valence-corrected chi connectivity index (χ1v) is 6.79. The van der Waals surface area contributed by atoms with Gasteiger partial charge in [-0.2, -0.15) is 0 Å². The summed E-state index contributed by atoms with van der Waals surface area (Å²) in [5.41, 5.74) is 2.87. The Balaban J connectivity index is 1.77. The molecule has 0 amide bonds. The van der Waals surface area contributed by atoms with E-state index in [4.69, 9.17) is 4.74 Å². The van der Waals surface area contributed by atoms with Crippen LogP contribution in [0.15, 0.2) is 23.1 Å². The fraction of sp³-hybridized carbons (Fsp3) is 0.538. The van der Waals surface area contributed by atoms with E-state index < -0.39 is 0 Å². The molecule has 88 valence electrons. The molecule has 2 nitrogen and oxygen atoms in total. The number of ether oxygens (including phenoxy) is 1. The minimum atomic E-state index is 0.804. The molecule has 1 N–H and O–H groups in total. The number of aryl methyl sites for hydroxylation is 1. The highest BCUT2D eigenvalue weighted by molar-refractivity contribution is 7.10. The zero-order valence-electron chi connectivity index (χ0n) is 9.79. The van der Waals surface area contributed by atoms with Crippen LogP contribution in [0.5, 0.6) is 0 Å². The van der Waals surface area contributed by atoms with Gasteiger partial charge in [-0.25, -0.2) is 0 Å². The van der Waals surface area contributed by atoms with E-state index in [1.165, 1.54) is 16.0 Å². The van der Waals surface area contributed by atoms with Crippen molar-refractivity contribution in [3.63, 3.8) is 0 Å². The van der Waals surface area contributed by atoms with Gasteiger partial charge in [-0.3, -0.25) is 0 Å². The van der Waals surface area contributed by atoms with Crippen LogP contribution >= 0.6 is 11.3 Å². The Kier molecular flexibility index (Phi) is 4.57. The molecule has 0 saturated carbocycles.